The van der Waals surface area contributed by atoms with E-state index in [1.165, 1.54) is 12.8 Å². The average Bonchev–Trinajstić information content (AvgIpc) is 2.74. The highest BCUT2D eigenvalue weighted by atomic mass is 16.3. The molecule has 2 aliphatic rings. The topological polar surface area (TPSA) is 52.6 Å². The minimum Gasteiger partial charge on any atom is -0.393 e. The lowest BCUT2D eigenvalue weighted by Crippen LogP contribution is -2.44. The van der Waals surface area contributed by atoms with Crippen LogP contribution in [0.25, 0.3) is 0 Å². The molecule has 1 aliphatic heterocycles. The number of rotatable bonds is 3. The van der Waals surface area contributed by atoms with Crippen molar-refractivity contribution in [2.45, 2.75) is 50.7 Å². The van der Waals surface area contributed by atoms with E-state index in [0.717, 1.165) is 38.8 Å². The molecule has 0 aromatic carbocycles. The first kappa shape index (κ1) is 11.9. The van der Waals surface area contributed by atoms with E-state index in [2.05, 4.69) is 10.2 Å². The van der Waals surface area contributed by atoms with Crippen LogP contribution in [0.4, 0.5) is 0 Å². The Morgan fingerprint density at radius 2 is 1.81 bits per heavy atom. The van der Waals surface area contributed by atoms with Crippen molar-refractivity contribution in [1.29, 1.82) is 0 Å². The Balaban J connectivity index is 1.66. The predicted molar refractivity (Wildman–Crippen MR) is 62.1 cm³/mol. The summed E-state index contributed by atoms with van der Waals surface area (Å²) in [7, 11) is 0. The van der Waals surface area contributed by atoms with Gasteiger partial charge in [-0.25, -0.2) is 0 Å². The van der Waals surface area contributed by atoms with E-state index in [4.69, 9.17) is 0 Å². The number of aliphatic hydroxyl groups is 1. The summed E-state index contributed by atoms with van der Waals surface area (Å²) in [4.78, 5) is 13.9. The van der Waals surface area contributed by atoms with Gasteiger partial charge in [-0.3, -0.25) is 9.69 Å². The molecular weight excluding hydrogens is 204 g/mol. The smallest absolute Gasteiger partial charge is 0.234 e. The van der Waals surface area contributed by atoms with Crippen molar-refractivity contribution in [2.24, 2.45) is 0 Å². The quantitative estimate of drug-likeness (QED) is 0.737. The van der Waals surface area contributed by atoms with Gasteiger partial charge in [0.2, 0.25) is 5.91 Å². The number of hydrogen-bond acceptors (Lipinski definition) is 3. The minimum atomic E-state index is -0.158. The van der Waals surface area contributed by atoms with Crippen molar-refractivity contribution in [3.05, 3.63) is 0 Å². The first-order chi connectivity index (χ1) is 7.74. The molecule has 1 saturated heterocycles. The Bertz CT molecular complexity index is 231. The maximum Gasteiger partial charge on any atom is 0.234 e. The summed E-state index contributed by atoms with van der Waals surface area (Å²) < 4.78 is 0. The zero-order valence-electron chi connectivity index (χ0n) is 9.82. The number of aliphatic hydroxyl groups excluding tert-OH is 1. The van der Waals surface area contributed by atoms with Crippen LogP contribution in [0.5, 0.6) is 0 Å². The van der Waals surface area contributed by atoms with Crippen LogP contribution < -0.4 is 5.32 Å². The number of amides is 1. The summed E-state index contributed by atoms with van der Waals surface area (Å²) >= 11 is 0. The summed E-state index contributed by atoms with van der Waals surface area (Å²) in [6, 6.07) is 0.419. The SMILES string of the molecule is O=C(CN1CCC(O)CC1)NC1CCCC1. The van der Waals surface area contributed by atoms with Crippen LogP contribution in [0.15, 0.2) is 0 Å². The monoisotopic (exact) mass is 226 g/mol. The first-order valence-electron chi connectivity index (χ1n) is 6.44. The Morgan fingerprint density at radius 1 is 1.19 bits per heavy atom. The van der Waals surface area contributed by atoms with E-state index in [-0.39, 0.29) is 12.0 Å². The normalized spacial score (nSPS) is 24.8. The molecule has 1 amide bonds. The Morgan fingerprint density at radius 3 is 2.44 bits per heavy atom. The second kappa shape index (κ2) is 5.64. The van der Waals surface area contributed by atoms with E-state index in [0.29, 0.717) is 12.6 Å². The zero-order valence-corrected chi connectivity index (χ0v) is 9.82. The maximum atomic E-state index is 11.7. The molecule has 2 fully saturated rings. The number of nitrogens with one attached hydrogen (secondary N) is 1. The molecule has 16 heavy (non-hydrogen) atoms. The Hall–Kier alpha value is -0.610. The van der Waals surface area contributed by atoms with E-state index in [1.807, 2.05) is 0 Å². The maximum absolute atomic E-state index is 11.7. The largest absolute Gasteiger partial charge is 0.393 e. The van der Waals surface area contributed by atoms with Crippen molar-refractivity contribution >= 4 is 5.91 Å². The van der Waals surface area contributed by atoms with E-state index in [1.54, 1.807) is 0 Å². The lowest BCUT2D eigenvalue weighted by atomic mass is 10.1. The van der Waals surface area contributed by atoms with Gasteiger partial charge in [-0.2, -0.15) is 0 Å². The summed E-state index contributed by atoms with van der Waals surface area (Å²) in [6.45, 7) is 2.20. The Labute approximate surface area is 97.0 Å². The molecule has 2 N–H and O–H groups in total. The van der Waals surface area contributed by atoms with Gasteiger partial charge in [-0.05, 0) is 25.7 Å². The number of hydrogen-bond donors (Lipinski definition) is 2. The number of piperidine rings is 1. The molecule has 92 valence electrons. The van der Waals surface area contributed by atoms with Crippen LogP contribution in [-0.4, -0.2) is 47.7 Å². The van der Waals surface area contributed by atoms with E-state index < -0.39 is 0 Å². The fourth-order valence-corrected chi connectivity index (χ4v) is 2.62. The van der Waals surface area contributed by atoms with Crippen molar-refractivity contribution in [3.8, 4) is 0 Å². The third-order valence-electron chi connectivity index (χ3n) is 3.64. The molecule has 0 atom stereocenters. The summed E-state index contributed by atoms with van der Waals surface area (Å²) in [5.41, 5.74) is 0. The molecule has 0 spiro atoms. The number of likely N-dealkylation sites (tertiary alicyclic amines) is 1. The van der Waals surface area contributed by atoms with Gasteiger partial charge < -0.3 is 10.4 Å². The molecule has 4 nitrogen and oxygen atoms in total. The third kappa shape index (κ3) is 3.46. The van der Waals surface area contributed by atoms with Crippen LogP contribution in [-0.2, 0) is 4.79 Å². The minimum absolute atomic E-state index is 0.156. The average molecular weight is 226 g/mol. The van der Waals surface area contributed by atoms with Crippen molar-refractivity contribution in [2.75, 3.05) is 19.6 Å². The predicted octanol–water partition coefficient (Wildman–Crippen LogP) is 0.502. The molecular formula is C12H22N2O2. The molecule has 0 bridgehead atoms. The van der Waals surface area contributed by atoms with E-state index in [9.17, 15) is 9.90 Å². The van der Waals surface area contributed by atoms with Gasteiger partial charge >= 0.3 is 0 Å². The molecule has 0 aromatic heterocycles. The molecule has 1 heterocycles. The lowest BCUT2D eigenvalue weighted by Gasteiger charge is -2.29. The van der Waals surface area contributed by atoms with Crippen LogP contribution in [0.2, 0.25) is 0 Å². The van der Waals surface area contributed by atoms with Gasteiger partial charge in [-0.1, -0.05) is 12.8 Å². The van der Waals surface area contributed by atoms with Crippen molar-refractivity contribution in [3.63, 3.8) is 0 Å². The van der Waals surface area contributed by atoms with Gasteiger partial charge in [0.15, 0.2) is 0 Å². The van der Waals surface area contributed by atoms with Crippen LogP contribution in [0, 0.1) is 0 Å². The molecule has 2 rings (SSSR count). The second-order valence-electron chi connectivity index (χ2n) is 5.06. The standard InChI is InChI=1S/C12H22N2O2/c15-11-5-7-14(8-6-11)9-12(16)13-10-3-1-2-4-10/h10-11,15H,1-9H2,(H,13,16). The lowest BCUT2D eigenvalue weighted by molar-refractivity contribution is -0.123. The molecule has 4 heteroatoms. The zero-order chi connectivity index (χ0) is 11.4. The summed E-state index contributed by atoms with van der Waals surface area (Å²) in [5, 5.41) is 12.5. The summed E-state index contributed by atoms with van der Waals surface area (Å²) in [6.07, 6.45) is 6.23. The highest BCUT2D eigenvalue weighted by molar-refractivity contribution is 5.78. The van der Waals surface area contributed by atoms with Gasteiger partial charge in [0.25, 0.3) is 0 Å². The van der Waals surface area contributed by atoms with Crippen LogP contribution in [0.1, 0.15) is 38.5 Å². The third-order valence-corrected chi connectivity index (χ3v) is 3.64. The van der Waals surface area contributed by atoms with E-state index >= 15 is 0 Å². The van der Waals surface area contributed by atoms with Crippen molar-refractivity contribution in [1.82, 2.24) is 10.2 Å². The van der Waals surface area contributed by atoms with Gasteiger partial charge in [0, 0.05) is 19.1 Å². The molecule has 1 aliphatic carbocycles. The fraction of sp³-hybridized carbons (Fsp3) is 0.917. The molecule has 1 saturated carbocycles. The van der Waals surface area contributed by atoms with Crippen LogP contribution >= 0.6 is 0 Å². The first-order valence-corrected chi connectivity index (χ1v) is 6.44. The second-order valence-corrected chi connectivity index (χ2v) is 5.06. The molecule has 0 unspecified atom stereocenters. The van der Waals surface area contributed by atoms with Gasteiger partial charge in [0.05, 0.1) is 12.6 Å². The highest BCUT2D eigenvalue weighted by Gasteiger charge is 2.21. The Kier molecular flexibility index (Phi) is 4.18. The van der Waals surface area contributed by atoms with Crippen LogP contribution in [0.3, 0.4) is 0 Å². The molecule has 0 radical (unpaired) electrons. The number of carbonyl (C=O) groups excluding carboxylic acids is 1. The summed E-state index contributed by atoms with van der Waals surface area (Å²) in [5.74, 6) is 0.156. The van der Waals surface area contributed by atoms with Gasteiger partial charge in [-0.15, -0.1) is 0 Å². The fourth-order valence-electron chi connectivity index (χ4n) is 2.62. The molecule has 0 aromatic rings. The highest BCUT2D eigenvalue weighted by Crippen LogP contribution is 2.17. The van der Waals surface area contributed by atoms with Crippen molar-refractivity contribution < 1.29 is 9.90 Å². The number of carbonyl (C=O) groups is 1. The number of nitrogens with zero attached hydrogens (tertiary/aromatic N) is 1. The van der Waals surface area contributed by atoms with Gasteiger partial charge in [0.1, 0.15) is 0 Å².